The zero-order chi connectivity index (χ0) is 19.4. The molecule has 0 N–H and O–H groups in total. The van der Waals surface area contributed by atoms with Crippen LogP contribution in [0.5, 0.6) is 0 Å². The first-order valence-electron chi connectivity index (χ1n) is 9.99. The highest BCUT2D eigenvalue weighted by atomic mass is 19.1. The van der Waals surface area contributed by atoms with Crippen molar-refractivity contribution in [3.63, 3.8) is 0 Å². The zero-order valence-corrected chi connectivity index (χ0v) is 16.4. The molecule has 6 heteroatoms. The van der Waals surface area contributed by atoms with Gasteiger partial charge in [0, 0.05) is 39.3 Å². The molecule has 1 aromatic carbocycles. The quantitative estimate of drug-likeness (QED) is 0.765. The van der Waals surface area contributed by atoms with Crippen LogP contribution in [0.15, 0.2) is 24.3 Å². The smallest absolute Gasteiger partial charge is 0.239 e. The van der Waals surface area contributed by atoms with Crippen molar-refractivity contribution in [2.75, 3.05) is 39.3 Å². The molecule has 0 aliphatic carbocycles. The Balaban J connectivity index is 1.48. The van der Waals surface area contributed by atoms with Crippen LogP contribution >= 0.6 is 0 Å². The van der Waals surface area contributed by atoms with Crippen molar-refractivity contribution in [2.45, 2.75) is 39.2 Å². The Bertz CT molecular complexity index is 671. The third-order valence-electron chi connectivity index (χ3n) is 5.65. The number of amides is 2. The second kappa shape index (κ2) is 8.83. The lowest BCUT2D eigenvalue weighted by Gasteiger charge is -2.37. The Morgan fingerprint density at radius 1 is 1.15 bits per heavy atom. The lowest BCUT2D eigenvalue weighted by atomic mass is 10.1. The predicted octanol–water partition coefficient (Wildman–Crippen LogP) is 2.16. The molecule has 0 bridgehead atoms. The Morgan fingerprint density at radius 3 is 2.52 bits per heavy atom. The number of rotatable bonds is 6. The number of halogens is 1. The number of carbonyl (C=O) groups excluding carboxylic acids is 2. The van der Waals surface area contributed by atoms with Gasteiger partial charge in [0.15, 0.2) is 0 Å². The van der Waals surface area contributed by atoms with E-state index in [1.165, 1.54) is 6.07 Å². The van der Waals surface area contributed by atoms with Crippen LogP contribution in [-0.4, -0.2) is 71.8 Å². The SMILES string of the molecule is CC(C)CCN1CCC(N2CCN(C(=O)Cc3ccccc3F)CC2)C1=O. The average Bonchev–Trinajstić information content (AvgIpc) is 3.02. The molecule has 0 radical (unpaired) electrons. The van der Waals surface area contributed by atoms with Gasteiger partial charge in [-0.05, 0) is 30.4 Å². The number of benzene rings is 1. The van der Waals surface area contributed by atoms with Gasteiger partial charge in [0.05, 0.1) is 12.5 Å². The number of hydrogen-bond acceptors (Lipinski definition) is 3. The molecule has 2 aliphatic rings. The van der Waals surface area contributed by atoms with Crippen LogP contribution in [-0.2, 0) is 16.0 Å². The summed E-state index contributed by atoms with van der Waals surface area (Å²) in [4.78, 5) is 31.1. The maximum Gasteiger partial charge on any atom is 0.239 e. The number of hydrogen-bond donors (Lipinski definition) is 0. The molecule has 5 nitrogen and oxygen atoms in total. The second-order valence-corrected chi connectivity index (χ2v) is 8.00. The highest BCUT2D eigenvalue weighted by Gasteiger charge is 2.37. The van der Waals surface area contributed by atoms with E-state index in [0.717, 1.165) is 25.9 Å². The van der Waals surface area contributed by atoms with Gasteiger partial charge in [-0.1, -0.05) is 32.0 Å². The van der Waals surface area contributed by atoms with Crippen LogP contribution in [0.25, 0.3) is 0 Å². The van der Waals surface area contributed by atoms with Gasteiger partial charge in [0.1, 0.15) is 5.82 Å². The highest BCUT2D eigenvalue weighted by molar-refractivity contribution is 5.84. The van der Waals surface area contributed by atoms with E-state index in [1.54, 1.807) is 23.1 Å². The van der Waals surface area contributed by atoms with Gasteiger partial charge < -0.3 is 9.80 Å². The summed E-state index contributed by atoms with van der Waals surface area (Å²) in [5.41, 5.74) is 0.441. The van der Waals surface area contributed by atoms with E-state index in [4.69, 9.17) is 0 Å². The van der Waals surface area contributed by atoms with Crippen LogP contribution < -0.4 is 0 Å². The van der Waals surface area contributed by atoms with Crippen molar-refractivity contribution in [1.29, 1.82) is 0 Å². The molecule has 2 amide bonds. The summed E-state index contributed by atoms with van der Waals surface area (Å²) in [6, 6.07) is 6.39. The summed E-state index contributed by atoms with van der Waals surface area (Å²) >= 11 is 0. The largest absolute Gasteiger partial charge is 0.341 e. The predicted molar refractivity (Wildman–Crippen MR) is 103 cm³/mol. The monoisotopic (exact) mass is 375 g/mol. The fraction of sp³-hybridized carbons (Fsp3) is 0.619. The van der Waals surface area contributed by atoms with Gasteiger partial charge in [-0.3, -0.25) is 14.5 Å². The molecular formula is C21H30FN3O2. The first-order valence-corrected chi connectivity index (χ1v) is 9.99. The standard InChI is InChI=1S/C21H30FN3O2/c1-16(2)7-9-25-10-8-19(21(25)27)23-11-13-24(14-12-23)20(26)15-17-5-3-4-6-18(17)22/h3-6,16,19H,7-15H2,1-2H3. The van der Waals surface area contributed by atoms with Crippen molar-refractivity contribution in [3.05, 3.63) is 35.6 Å². The Morgan fingerprint density at radius 2 is 1.85 bits per heavy atom. The van der Waals surface area contributed by atoms with E-state index in [9.17, 15) is 14.0 Å². The first-order chi connectivity index (χ1) is 13.0. The molecule has 3 rings (SSSR count). The van der Waals surface area contributed by atoms with E-state index >= 15 is 0 Å². The number of likely N-dealkylation sites (tertiary alicyclic amines) is 1. The maximum absolute atomic E-state index is 13.8. The van der Waals surface area contributed by atoms with Crippen molar-refractivity contribution < 1.29 is 14.0 Å². The van der Waals surface area contributed by atoms with Crippen LogP contribution in [0.3, 0.4) is 0 Å². The van der Waals surface area contributed by atoms with Gasteiger partial charge >= 0.3 is 0 Å². The molecule has 1 aromatic rings. The van der Waals surface area contributed by atoms with Crippen LogP contribution in [0, 0.1) is 11.7 Å². The van der Waals surface area contributed by atoms with Crippen molar-refractivity contribution >= 4 is 11.8 Å². The van der Waals surface area contributed by atoms with Crippen molar-refractivity contribution in [1.82, 2.24) is 14.7 Å². The van der Waals surface area contributed by atoms with Crippen LogP contribution in [0.1, 0.15) is 32.3 Å². The molecule has 148 valence electrons. The molecule has 2 fully saturated rings. The molecule has 0 aromatic heterocycles. The fourth-order valence-corrected chi connectivity index (χ4v) is 3.90. The Hall–Kier alpha value is -1.95. The zero-order valence-electron chi connectivity index (χ0n) is 16.4. The number of piperazine rings is 1. The van der Waals surface area contributed by atoms with Gasteiger partial charge in [0.2, 0.25) is 11.8 Å². The molecule has 1 atom stereocenters. The summed E-state index contributed by atoms with van der Waals surface area (Å²) in [5, 5.41) is 0. The third-order valence-corrected chi connectivity index (χ3v) is 5.65. The van der Waals surface area contributed by atoms with E-state index in [0.29, 0.717) is 37.7 Å². The van der Waals surface area contributed by atoms with Crippen molar-refractivity contribution in [3.8, 4) is 0 Å². The normalized spacial score (nSPS) is 21.3. The van der Waals surface area contributed by atoms with Gasteiger partial charge in [-0.25, -0.2) is 4.39 Å². The fourth-order valence-electron chi connectivity index (χ4n) is 3.90. The Labute approximate surface area is 161 Å². The molecule has 2 aliphatic heterocycles. The number of nitrogens with zero attached hydrogens (tertiary/aromatic N) is 3. The minimum Gasteiger partial charge on any atom is -0.341 e. The molecule has 2 saturated heterocycles. The molecule has 2 heterocycles. The molecule has 0 saturated carbocycles. The lowest BCUT2D eigenvalue weighted by molar-refractivity contribution is -0.135. The van der Waals surface area contributed by atoms with Gasteiger partial charge in [-0.2, -0.15) is 0 Å². The summed E-state index contributed by atoms with van der Waals surface area (Å²) in [7, 11) is 0. The van der Waals surface area contributed by atoms with Crippen molar-refractivity contribution in [2.24, 2.45) is 5.92 Å². The molecule has 0 spiro atoms. The van der Waals surface area contributed by atoms with E-state index in [-0.39, 0.29) is 30.1 Å². The van der Waals surface area contributed by atoms with Gasteiger partial charge in [-0.15, -0.1) is 0 Å². The molecule has 27 heavy (non-hydrogen) atoms. The van der Waals surface area contributed by atoms with E-state index in [2.05, 4.69) is 18.7 Å². The van der Waals surface area contributed by atoms with E-state index in [1.807, 2.05) is 4.90 Å². The third kappa shape index (κ3) is 4.86. The second-order valence-electron chi connectivity index (χ2n) is 8.00. The lowest BCUT2D eigenvalue weighted by Crippen LogP contribution is -2.54. The summed E-state index contributed by atoms with van der Waals surface area (Å²) < 4.78 is 13.8. The topological polar surface area (TPSA) is 43.9 Å². The minimum atomic E-state index is -0.331. The first kappa shape index (κ1) is 19.8. The van der Waals surface area contributed by atoms with Gasteiger partial charge in [0.25, 0.3) is 0 Å². The van der Waals surface area contributed by atoms with Crippen LogP contribution in [0.4, 0.5) is 4.39 Å². The Kier molecular flexibility index (Phi) is 6.47. The maximum atomic E-state index is 13.8. The molecular weight excluding hydrogens is 345 g/mol. The van der Waals surface area contributed by atoms with E-state index < -0.39 is 0 Å². The molecule has 1 unspecified atom stereocenters. The minimum absolute atomic E-state index is 0.0408. The van der Waals surface area contributed by atoms with Crippen LogP contribution in [0.2, 0.25) is 0 Å². The number of carbonyl (C=O) groups is 2. The summed E-state index contributed by atoms with van der Waals surface area (Å²) in [6.07, 6.45) is 2.01. The summed E-state index contributed by atoms with van der Waals surface area (Å²) in [5.74, 6) is 0.459. The highest BCUT2D eigenvalue weighted by Crippen LogP contribution is 2.20. The average molecular weight is 375 g/mol. The summed E-state index contributed by atoms with van der Waals surface area (Å²) in [6.45, 7) is 8.64.